The van der Waals surface area contributed by atoms with Gasteiger partial charge in [0.2, 0.25) is 5.91 Å². The molecule has 2 N–H and O–H groups in total. The molecule has 0 aromatic heterocycles. The number of rotatable bonds is 12. The maximum atomic E-state index is 12.2. The first-order valence-electron chi connectivity index (χ1n) is 10.6. The van der Waals surface area contributed by atoms with Crippen LogP contribution in [0.1, 0.15) is 51.0 Å². The first-order valence-corrected chi connectivity index (χ1v) is 10.6. The third-order valence-electron chi connectivity index (χ3n) is 5.10. The van der Waals surface area contributed by atoms with E-state index in [1.165, 1.54) is 5.56 Å². The lowest BCUT2D eigenvalue weighted by atomic mass is 9.95. The summed E-state index contributed by atoms with van der Waals surface area (Å²) in [5.41, 5.74) is 2.21. The van der Waals surface area contributed by atoms with Gasteiger partial charge in [0.25, 0.3) is 0 Å². The van der Waals surface area contributed by atoms with Crippen molar-refractivity contribution in [3.63, 3.8) is 0 Å². The van der Waals surface area contributed by atoms with Crippen molar-refractivity contribution in [3.05, 3.63) is 71.8 Å². The van der Waals surface area contributed by atoms with Crippen LogP contribution in [0.3, 0.4) is 0 Å². The lowest BCUT2D eigenvalue weighted by Gasteiger charge is -2.10. The summed E-state index contributed by atoms with van der Waals surface area (Å²) in [6.07, 6.45) is 14.1. The summed E-state index contributed by atoms with van der Waals surface area (Å²) in [6.45, 7) is 2.58. The van der Waals surface area contributed by atoms with Crippen molar-refractivity contribution >= 4 is 11.7 Å². The summed E-state index contributed by atoms with van der Waals surface area (Å²) < 4.78 is 0. The van der Waals surface area contributed by atoms with Gasteiger partial charge in [0.05, 0.1) is 6.10 Å². The molecule has 1 aromatic rings. The molecule has 2 atom stereocenters. The van der Waals surface area contributed by atoms with Crippen LogP contribution in [0.2, 0.25) is 0 Å². The zero-order chi connectivity index (χ0) is 20.9. The summed E-state index contributed by atoms with van der Waals surface area (Å²) in [6, 6.07) is 10.1. The maximum absolute atomic E-state index is 12.2. The summed E-state index contributed by atoms with van der Waals surface area (Å²) >= 11 is 0. The fraction of sp³-hybridized carbons (Fsp3) is 0.440. The van der Waals surface area contributed by atoms with E-state index in [-0.39, 0.29) is 17.6 Å². The second kappa shape index (κ2) is 12.9. The molecule has 1 aromatic carbocycles. The van der Waals surface area contributed by atoms with Crippen LogP contribution in [-0.2, 0) is 16.0 Å². The molecule has 4 nitrogen and oxygen atoms in total. The van der Waals surface area contributed by atoms with Gasteiger partial charge in [0.1, 0.15) is 5.78 Å². The Balaban J connectivity index is 1.73. The highest BCUT2D eigenvalue weighted by molar-refractivity contribution is 5.89. The first kappa shape index (κ1) is 22.8. The summed E-state index contributed by atoms with van der Waals surface area (Å²) in [5, 5.41) is 13.0. The fourth-order valence-electron chi connectivity index (χ4n) is 3.43. The Bertz CT molecular complexity index is 734. The number of hydrogen-bond donors (Lipinski definition) is 2. The first-order chi connectivity index (χ1) is 14.1. The smallest absolute Gasteiger partial charge is 0.219 e. The summed E-state index contributed by atoms with van der Waals surface area (Å²) in [5.74, 6) is 0.204. The van der Waals surface area contributed by atoms with Gasteiger partial charge in [0, 0.05) is 25.3 Å². The highest BCUT2D eigenvalue weighted by Crippen LogP contribution is 2.27. The standard InChI is InChI=1S/C25H33NO3/c1-2-26-25(29)13-9-4-3-8-12-23-21(16-19-24(23)28)15-18-22(27)17-14-20-10-6-5-7-11-20/h3,5-8,10-11,15-16,18,22-23,27H,2,4,9,12-14,17,19H2,1H3,(H,26,29)/b8-3?,18-15+/t22-,23+/m0/s1. The van der Waals surface area contributed by atoms with Gasteiger partial charge >= 0.3 is 0 Å². The lowest BCUT2D eigenvalue weighted by Crippen LogP contribution is -2.21. The molecule has 0 saturated carbocycles. The van der Waals surface area contributed by atoms with Crippen molar-refractivity contribution in [1.29, 1.82) is 0 Å². The molecule has 0 aliphatic heterocycles. The van der Waals surface area contributed by atoms with Gasteiger partial charge in [-0.05, 0) is 50.2 Å². The number of nitrogens with one attached hydrogen (secondary N) is 1. The number of Topliss-reactive ketones (excluding diaryl/α,β-unsaturated/α-hetero) is 1. The molecule has 2 rings (SSSR count). The molecule has 0 heterocycles. The average Bonchev–Trinajstić information content (AvgIpc) is 3.08. The molecule has 156 valence electrons. The van der Waals surface area contributed by atoms with E-state index < -0.39 is 6.10 Å². The van der Waals surface area contributed by atoms with Crippen molar-refractivity contribution in [2.45, 2.75) is 58.0 Å². The number of allylic oxidation sites excluding steroid dienone is 5. The molecule has 0 fully saturated rings. The predicted octanol–water partition coefficient (Wildman–Crippen LogP) is 4.30. The molecule has 0 radical (unpaired) electrons. The van der Waals surface area contributed by atoms with E-state index in [0.717, 1.165) is 24.8 Å². The number of amides is 1. The van der Waals surface area contributed by atoms with Crippen LogP contribution in [0.4, 0.5) is 0 Å². The van der Waals surface area contributed by atoms with Crippen LogP contribution in [-0.4, -0.2) is 29.4 Å². The molecule has 1 aliphatic rings. The monoisotopic (exact) mass is 395 g/mol. The molecule has 0 unspecified atom stereocenters. The van der Waals surface area contributed by atoms with Gasteiger partial charge in [-0.25, -0.2) is 0 Å². The van der Waals surface area contributed by atoms with E-state index >= 15 is 0 Å². The Hall–Kier alpha value is -2.46. The topological polar surface area (TPSA) is 66.4 Å². The Kier molecular flexibility index (Phi) is 10.1. The second-order valence-corrected chi connectivity index (χ2v) is 7.43. The number of aryl methyl sites for hydroxylation is 1. The van der Waals surface area contributed by atoms with Crippen LogP contribution in [0.25, 0.3) is 0 Å². The Morgan fingerprint density at radius 3 is 2.83 bits per heavy atom. The van der Waals surface area contributed by atoms with Crippen molar-refractivity contribution in [3.8, 4) is 0 Å². The minimum atomic E-state index is -0.516. The van der Waals surface area contributed by atoms with Crippen molar-refractivity contribution < 1.29 is 14.7 Å². The molecule has 0 bridgehead atoms. The normalized spacial score (nSPS) is 17.8. The molecule has 29 heavy (non-hydrogen) atoms. The highest BCUT2D eigenvalue weighted by atomic mass is 16.3. The van der Waals surface area contributed by atoms with E-state index in [2.05, 4.69) is 23.5 Å². The number of carbonyl (C=O) groups excluding carboxylic acids is 2. The maximum Gasteiger partial charge on any atom is 0.219 e. The third kappa shape index (κ3) is 8.61. The molecular formula is C25H33NO3. The highest BCUT2D eigenvalue weighted by Gasteiger charge is 2.24. The van der Waals surface area contributed by atoms with E-state index in [1.54, 1.807) is 6.08 Å². The Labute approximate surface area is 174 Å². The number of hydrogen-bond acceptors (Lipinski definition) is 3. The average molecular weight is 396 g/mol. The SMILES string of the molecule is CCNC(=O)CCCC=CC[C@H]1C(=O)CC=C1/C=C/[C@@H](O)CCc1ccccc1. The molecule has 0 spiro atoms. The van der Waals surface area contributed by atoms with Crippen LogP contribution >= 0.6 is 0 Å². The summed E-state index contributed by atoms with van der Waals surface area (Å²) in [4.78, 5) is 23.6. The van der Waals surface area contributed by atoms with E-state index in [4.69, 9.17) is 0 Å². The molecule has 4 heteroatoms. The van der Waals surface area contributed by atoms with Gasteiger partial charge in [0.15, 0.2) is 0 Å². The zero-order valence-corrected chi connectivity index (χ0v) is 17.3. The Morgan fingerprint density at radius 1 is 1.28 bits per heavy atom. The van der Waals surface area contributed by atoms with Crippen molar-refractivity contribution in [1.82, 2.24) is 5.32 Å². The zero-order valence-electron chi connectivity index (χ0n) is 17.3. The minimum absolute atomic E-state index is 0.0908. The number of unbranched alkanes of at least 4 members (excludes halogenated alkanes) is 1. The molecular weight excluding hydrogens is 362 g/mol. The number of carbonyl (C=O) groups is 2. The number of aliphatic hydroxyl groups is 1. The number of benzene rings is 1. The fourth-order valence-corrected chi connectivity index (χ4v) is 3.43. The van der Waals surface area contributed by atoms with E-state index in [0.29, 0.717) is 32.2 Å². The van der Waals surface area contributed by atoms with Gasteiger partial charge in [-0.3, -0.25) is 9.59 Å². The molecule has 0 saturated heterocycles. The Morgan fingerprint density at radius 2 is 2.07 bits per heavy atom. The molecule has 1 amide bonds. The van der Waals surface area contributed by atoms with E-state index in [9.17, 15) is 14.7 Å². The number of aliphatic hydroxyl groups excluding tert-OH is 1. The van der Waals surface area contributed by atoms with Gasteiger partial charge in [-0.1, -0.05) is 60.7 Å². The van der Waals surface area contributed by atoms with Crippen molar-refractivity contribution in [2.24, 2.45) is 5.92 Å². The minimum Gasteiger partial charge on any atom is -0.389 e. The van der Waals surface area contributed by atoms with Gasteiger partial charge in [-0.2, -0.15) is 0 Å². The van der Waals surface area contributed by atoms with Gasteiger partial charge in [-0.15, -0.1) is 0 Å². The quantitative estimate of drug-likeness (QED) is 0.409. The van der Waals surface area contributed by atoms with Crippen LogP contribution < -0.4 is 5.32 Å². The second-order valence-electron chi connectivity index (χ2n) is 7.43. The van der Waals surface area contributed by atoms with Crippen molar-refractivity contribution in [2.75, 3.05) is 6.54 Å². The van der Waals surface area contributed by atoms with Crippen LogP contribution in [0.15, 0.2) is 66.3 Å². The third-order valence-corrected chi connectivity index (χ3v) is 5.10. The molecule has 1 aliphatic carbocycles. The largest absolute Gasteiger partial charge is 0.389 e. The number of ketones is 1. The predicted molar refractivity (Wildman–Crippen MR) is 117 cm³/mol. The van der Waals surface area contributed by atoms with Crippen LogP contribution in [0.5, 0.6) is 0 Å². The van der Waals surface area contributed by atoms with Gasteiger partial charge < -0.3 is 10.4 Å². The van der Waals surface area contributed by atoms with E-state index in [1.807, 2.05) is 43.4 Å². The van der Waals surface area contributed by atoms with Crippen LogP contribution in [0, 0.1) is 5.92 Å². The summed E-state index contributed by atoms with van der Waals surface area (Å²) in [7, 11) is 0. The lowest BCUT2D eigenvalue weighted by molar-refractivity contribution is -0.121.